The zero-order valence-electron chi connectivity index (χ0n) is 10.8. The maximum Gasteiger partial charge on any atom is 0.247 e. The number of nitrogens with zero attached hydrogens (tertiary/aromatic N) is 2. The summed E-state index contributed by atoms with van der Waals surface area (Å²) in [7, 11) is -3.60. The van der Waals surface area contributed by atoms with Crippen molar-refractivity contribution in [3.05, 3.63) is 34.8 Å². The van der Waals surface area contributed by atoms with Crippen molar-refractivity contribution in [3.63, 3.8) is 0 Å². The second-order valence-corrected chi connectivity index (χ2v) is 8.16. The summed E-state index contributed by atoms with van der Waals surface area (Å²) in [6.45, 7) is 0.659. The molecule has 6 nitrogen and oxygen atoms in total. The number of aromatic nitrogens is 2. The Balaban J connectivity index is 1.66. The molecule has 3 N–H and O–H groups in total. The molecule has 3 heterocycles. The van der Waals surface area contributed by atoms with Crippen molar-refractivity contribution >= 4 is 48.7 Å². The molecule has 0 radical (unpaired) electrons. The molecule has 110 valence electrons. The molecule has 0 atom stereocenters. The predicted octanol–water partition coefficient (Wildman–Crippen LogP) is 2.05. The lowest BCUT2D eigenvalue weighted by atomic mass is 10.3. The number of primary sulfonamides is 1. The Morgan fingerprint density at radius 1 is 1.24 bits per heavy atom. The van der Waals surface area contributed by atoms with E-state index in [1.54, 1.807) is 17.4 Å². The van der Waals surface area contributed by atoms with Crippen LogP contribution in [0.2, 0.25) is 0 Å². The molecule has 0 bridgehead atoms. The van der Waals surface area contributed by atoms with Gasteiger partial charge in [0.25, 0.3) is 0 Å². The average Bonchev–Trinajstić information content (AvgIpc) is 3.06. The van der Waals surface area contributed by atoms with E-state index in [9.17, 15) is 8.42 Å². The van der Waals surface area contributed by atoms with Gasteiger partial charge in [0.15, 0.2) is 0 Å². The fourth-order valence-corrected chi connectivity index (χ4v) is 4.39. The molecular formula is C12H12N4O2S3. The molecule has 9 heteroatoms. The number of sulfonamides is 1. The summed E-state index contributed by atoms with van der Waals surface area (Å²) in [5, 5.41) is 11.3. The van der Waals surface area contributed by atoms with E-state index in [1.807, 2.05) is 11.4 Å². The van der Waals surface area contributed by atoms with Crippen LogP contribution in [0, 0.1) is 0 Å². The highest BCUT2D eigenvalue weighted by Crippen LogP contribution is 2.24. The Hall–Kier alpha value is -1.55. The molecule has 0 aliphatic rings. The molecule has 0 amide bonds. The largest absolute Gasteiger partial charge is 0.369 e. The van der Waals surface area contributed by atoms with Crippen LogP contribution in [0.5, 0.6) is 0 Å². The number of thiophene rings is 2. The van der Waals surface area contributed by atoms with Gasteiger partial charge in [0.1, 0.15) is 21.2 Å². The summed E-state index contributed by atoms with van der Waals surface area (Å²) in [6.07, 6.45) is 2.24. The van der Waals surface area contributed by atoms with Crippen LogP contribution >= 0.6 is 22.7 Å². The molecule has 3 rings (SSSR count). The topological polar surface area (TPSA) is 98.0 Å². The number of hydrogen-bond donors (Lipinski definition) is 2. The van der Waals surface area contributed by atoms with Crippen LogP contribution < -0.4 is 10.5 Å². The van der Waals surface area contributed by atoms with E-state index < -0.39 is 10.0 Å². The smallest absolute Gasteiger partial charge is 0.247 e. The fraction of sp³-hybridized carbons (Fsp3) is 0.167. The van der Waals surface area contributed by atoms with E-state index in [0.717, 1.165) is 20.9 Å². The van der Waals surface area contributed by atoms with Crippen molar-refractivity contribution in [1.82, 2.24) is 9.97 Å². The SMILES string of the molecule is NS(=O)(=O)c1ccc(CCNc2ncnc3sccc23)s1. The number of nitrogens with two attached hydrogens (primary N) is 1. The van der Waals surface area contributed by atoms with E-state index in [2.05, 4.69) is 15.3 Å². The molecule has 0 aliphatic heterocycles. The monoisotopic (exact) mass is 340 g/mol. The summed E-state index contributed by atoms with van der Waals surface area (Å²) in [5.74, 6) is 0.796. The first-order chi connectivity index (χ1) is 10.0. The van der Waals surface area contributed by atoms with Gasteiger partial charge in [-0.2, -0.15) is 0 Å². The first-order valence-corrected chi connectivity index (χ1v) is 9.32. The van der Waals surface area contributed by atoms with Crippen molar-refractivity contribution in [2.45, 2.75) is 10.6 Å². The number of rotatable bonds is 5. The van der Waals surface area contributed by atoms with Gasteiger partial charge < -0.3 is 5.32 Å². The average molecular weight is 340 g/mol. The van der Waals surface area contributed by atoms with Crippen LogP contribution in [0.15, 0.2) is 34.1 Å². The van der Waals surface area contributed by atoms with E-state index in [-0.39, 0.29) is 4.21 Å². The van der Waals surface area contributed by atoms with Crippen LogP contribution in [0.1, 0.15) is 4.88 Å². The number of anilines is 1. The minimum atomic E-state index is -3.60. The second kappa shape index (κ2) is 5.68. The van der Waals surface area contributed by atoms with Gasteiger partial charge in [-0.25, -0.2) is 23.5 Å². The van der Waals surface area contributed by atoms with Gasteiger partial charge in [-0.3, -0.25) is 0 Å². The molecule has 3 aromatic heterocycles. The minimum absolute atomic E-state index is 0.194. The Labute approximate surface area is 129 Å². The van der Waals surface area contributed by atoms with Gasteiger partial charge in [-0.1, -0.05) is 0 Å². The lowest BCUT2D eigenvalue weighted by Gasteiger charge is -2.05. The van der Waals surface area contributed by atoms with Crippen molar-refractivity contribution in [2.75, 3.05) is 11.9 Å². The lowest BCUT2D eigenvalue weighted by molar-refractivity contribution is 0.600. The molecule has 0 aromatic carbocycles. The number of nitrogens with one attached hydrogen (secondary N) is 1. The molecule has 3 aromatic rings. The van der Waals surface area contributed by atoms with Gasteiger partial charge >= 0.3 is 0 Å². The maximum atomic E-state index is 11.2. The Bertz CT molecular complexity index is 869. The summed E-state index contributed by atoms with van der Waals surface area (Å²) in [5.41, 5.74) is 0. The molecule has 0 aliphatic carbocycles. The number of fused-ring (bicyclic) bond motifs is 1. The fourth-order valence-electron chi connectivity index (χ4n) is 1.88. The third kappa shape index (κ3) is 3.21. The molecule has 0 saturated carbocycles. The van der Waals surface area contributed by atoms with Crippen LogP contribution in [-0.4, -0.2) is 24.9 Å². The Kier molecular flexibility index (Phi) is 3.89. The molecule has 21 heavy (non-hydrogen) atoms. The lowest BCUT2D eigenvalue weighted by Crippen LogP contribution is -2.10. The molecule has 0 fully saturated rings. The highest BCUT2D eigenvalue weighted by atomic mass is 32.2. The van der Waals surface area contributed by atoms with Gasteiger partial charge in [0.2, 0.25) is 10.0 Å². The summed E-state index contributed by atoms with van der Waals surface area (Å²) in [6, 6.07) is 5.30. The first kappa shape index (κ1) is 14.4. The van der Waals surface area contributed by atoms with Crippen LogP contribution in [-0.2, 0) is 16.4 Å². The minimum Gasteiger partial charge on any atom is -0.369 e. The van der Waals surface area contributed by atoms with Gasteiger partial charge in [-0.15, -0.1) is 22.7 Å². The molecule has 0 spiro atoms. The van der Waals surface area contributed by atoms with Crippen molar-refractivity contribution in [3.8, 4) is 0 Å². The van der Waals surface area contributed by atoms with Crippen molar-refractivity contribution in [2.24, 2.45) is 5.14 Å². The quantitative estimate of drug-likeness (QED) is 0.741. The van der Waals surface area contributed by atoms with Crippen LogP contribution in [0.4, 0.5) is 5.82 Å². The van der Waals surface area contributed by atoms with Gasteiger partial charge in [0, 0.05) is 11.4 Å². The number of hydrogen-bond acceptors (Lipinski definition) is 7. The van der Waals surface area contributed by atoms with E-state index >= 15 is 0 Å². The van der Waals surface area contributed by atoms with E-state index in [1.165, 1.54) is 23.7 Å². The summed E-state index contributed by atoms with van der Waals surface area (Å²) >= 11 is 2.76. The first-order valence-electron chi connectivity index (χ1n) is 6.07. The Morgan fingerprint density at radius 2 is 2.10 bits per heavy atom. The van der Waals surface area contributed by atoms with E-state index in [4.69, 9.17) is 5.14 Å². The second-order valence-electron chi connectivity index (χ2n) is 4.30. The molecule has 0 unspecified atom stereocenters. The standard InChI is InChI=1S/C12H12N4O2S3/c13-21(17,18)10-2-1-8(20-10)3-5-14-11-9-4-6-19-12(9)16-7-15-11/h1-2,4,6-7H,3,5H2,(H2,13,17,18)(H,14,15,16). The van der Waals surface area contributed by atoms with E-state index in [0.29, 0.717) is 13.0 Å². The normalized spacial score (nSPS) is 11.9. The highest BCUT2D eigenvalue weighted by Gasteiger charge is 2.11. The van der Waals surface area contributed by atoms with Crippen LogP contribution in [0.3, 0.4) is 0 Å². The highest BCUT2D eigenvalue weighted by molar-refractivity contribution is 7.91. The summed E-state index contributed by atoms with van der Waals surface area (Å²) in [4.78, 5) is 10.3. The summed E-state index contributed by atoms with van der Waals surface area (Å²) < 4.78 is 22.6. The predicted molar refractivity (Wildman–Crippen MR) is 85.3 cm³/mol. The van der Waals surface area contributed by atoms with Crippen LogP contribution in [0.25, 0.3) is 10.2 Å². The maximum absolute atomic E-state index is 11.2. The van der Waals surface area contributed by atoms with Crippen molar-refractivity contribution in [1.29, 1.82) is 0 Å². The van der Waals surface area contributed by atoms with Gasteiger partial charge in [0.05, 0.1) is 5.39 Å². The molecular weight excluding hydrogens is 328 g/mol. The Morgan fingerprint density at radius 3 is 2.86 bits per heavy atom. The molecule has 0 saturated heterocycles. The third-order valence-electron chi connectivity index (χ3n) is 2.84. The zero-order valence-corrected chi connectivity index (χ0v) is 13.3. The van der Waals surface area contributed by atoms with Crippen molar-refractivity contribution < 1.29 is 8.42 Å². The zero-order chi connectivity index (χ0) is 14.9. The van der Waals surface area contributed by atoms with Gasteiger partial charge in [-0.05, 0) is 30.0 Å². The third-order valence-corrected chi connectivity index (χ3v) is 6.25.